The van der Waals surface area contributed by atoms with E-state index in [-0.39, 0.29) is 6.04 Å². The first kappa shape index (κ1) is 16.5. The van der Waals surface area contributed by atoms with Crippen molar-refractivity contribution >= 4 is 10.0 Å². The molecule has 4 nitrogen and oxygen atoms in total. The second kappa shape index (κ2) is 6.07. The van der Waals surface area contributed by atoms with Crippen LogP contribution in [0.3, 0.4) is 0 Å². The van der Waals surface area contributed by atoms with Gasteiger partial charge in [-0.2, -0.15) is 4.31 Å². The molecular weight excluding hydrogens is 284 g/mol. The van der Waals surface area contributed by atoms with E-state index in [2.05, 4.69) is 11.4 Å². The van der Waals surface area contributed by atoms with E-state index < -0.39 is 10.0 Å². The summed E-state index contributed by atoms with van der Waals surface area (Å²) in [6.07, 6.45) is 2.46. The molecule has 1 aliphatic carbocycles. The normalized spacial score (nSPS) is 16.0. The Hall–Kier alpha value is -0.910. The first-order valence-corrected chi connectivity index (χ1v) is 8.99. The van der Waals surface area contributed by atoms with Crippen molar-refractivity contribution in [1.82, 2.24) is 9.62 Å². The second-order valence-electron chi connectivity index (χ2n) is 6.31. The Balaban J connectivity index is 2.36. The quantitative estimate of drug-likeness (QED) is 0.878. The number of rotatable bonds is 6. The van der Waals surface area contributed by atoms with Crippen LogP contribution in [0.2, 0.25) is 0 Å². The summed E-state index contributed by atoms with van der Waals surface area (Å²) in [5, 5.41) is 3.44. The zero-order valence-corrected chi connectivity index (χ0v) is 14.4. The first-order chi connectivity index (χ1) is 9.73. The number of hydrogen-bond donors (Lipinski definition) is 1. The highest BCUT2D eigenvalue weighted by molar-refractivity contribution is 7.89. The van der Waals surface area contributed by atoms with E-state index in [9.17, 15) is 8.42 Å². The molecule has 1 fully saturated rings. The van der Waals surface area contributed by atoms with Crippen molar-refractivity contribution < 1.29 is 8.42 Å². The molecule has 2 rings (SSSR count). The number of benzene rings is 1. The number of hydrogen-bond acceptors (Lipinski definition) is 3. The van der Waals surface area contributed by atoms with E-state index in [0.29, 0.717) is 10.9 Å². The molecule has 5 heteroatoms. The molecule has 1 N–H and O–H groups in total. The number of nitrogens with zero attached hydrogens (tertiary/aromatic N) is 1. The van der Waals surface area contributed by atoms with Crippen molar-refractivity contribution in [1.29, 1.82) is 0 Å². The Bertz CT molecular complexity index is 619. The predicted molar refractivity (Wildman–Crippen MR) is 85.9 cm³/mol. The highest BCUT2D eigenvalue weighted by Crippen LogP contribution is 2.26. The SMILES string of the molecule is Cc1cc(CNC2CC2)cc(S(=O)(=O)N(C)C(C)C)c1C. The van der Waals surface area contributed by atoms with Gasteiger partial charge in [0.05, 0.1) is 4.90 Å². The van der Waals surface area contributed by atoms with E-state index in [1.54, 1.807) is 7.05 Å². The van der Waals surface area contributed by atoms with Crippen LogP contribution < -0.4 is 5.32 Å². The largest absolute Gasteiger partial charge is 0.310 e. The summed E-state index contributed by atoms with van der Waals surface area (Å²) in [4.78, 5) is 0.436. The molecule has 1 saturated carbocycles. The van der Waals surface area contributed by atoms with E-state index in [1.165, 1.54) is 17.1 Å². The molecule has 0 aliphatic heterocycles. The molecule has 0 heterocycles. The van der Waals surface area contributed by atoms with Crippen LogP contribution in [0.25, 0.3) is 0 Å². The third-order valence-corrected chi connectivity index (χ3v) is 6.40. The highest BCUT2D eigenvalue weighted by atomic mass is 32.2. The molecule has 1 aliphatic rings. The lowest BCUT2D eigenvalue weighted by Gasteiger charge is -2.23. The Morgan fingerprint density at radius 3 is 2.43 bits per heavy atom. The summed E-state index contributed by atoms with van der Waals surface area (Å²) in [5.41, 5.74) is 2.92. The summed E-state index contributed by atoms with van der Waals surface area (Å²) in [7, 11) is -1.79. The first-order valence-electron chi connectivity index (χ1n) is 7.55. The zero-order chi connectivity index (χ0) is 15.8. The van der Waals surface area contributed by atoms with Gasteiger partial charge in [0.2, 0.25) is 10.0 Å². The summed E-state index contributed by atoms with van der Waals surface area (Å²) in [6.45, 7) is 8.37. The summed E-state index contributed by atoms with van der Waals surface area (Å²) in [5.74, 6) is 0. The molecule has 0 radical (unpaired) electrons. The number of aryl methyl sites for hydroxylation is 1. The summed E-state index contributed by atoms with van der Waals surface area (Å²) < 4.78 is 26.9. The van der Waals surface area contributed by atoms with Crippen LogP contribution in [0.1, 0.15) is 43.4 Å². The van der Waals surface area contributed by atoms with Crippen molar-refractivity contribution in [3.8, 4) is 0 Å². The van der Waals surface area contributed by atoms with Gasteiger partial charge >= 0.3 is 0 Å². The highest BCUT2D eigenvalue weighted by Gasteiger charge is 2.26. The van der Waals surface area contributed by atoms with Gasteiger partial charge < -0.3 is 5.32 Å². The van der Waals surface area contributed by atoms with Gasteiger partial charge in [-0.1, -0.05) is 6.07 Å². The Kier molecular flexibility index (Phi) is 4.76. The van der Waals surface area contributed by atoms with Gasteiger partial charge in [0.15, 0.2) is 0 Å². The van der Waals surface area contributed by atoms with Gasteiger partial charge in [-0.3, -0.25) is 0 Å². The van der Waals surface area contributed by atoms with E-state index in [0.717, 1.165) is 23.2 Å². The van der Waals surface area contributed by atoms with Crippen LogP contribution in [0, 0.1) is 13.8 Å². The maximum Gasteiger partial charge on any atom is 0.243 e. The van der Waals surface area contributed by atoms with Crippen LogP contribution >= 0.6 is 0 Å². The minimum atomic E-state index is -3.43. The molecule has 0 aromatic heterocycles. The fourth-order valence-corrected chi connectivity index (χ4v) is 3.96. The van der Waals surface area contributed by atoms with E-state index in [1.807, 2.05) is 33.8 Å². The Morgan fingerprint density at radius 1 is 1.29 bits per heavy atom. The van der Waals surface area contributed by atoms with Crippen molar-refractivity contribution in [2.75, 3.05) is 7.05 Å². The van der Waals surface area contributed by atoms with Crippen LogP contribution in [-0.2, 0) is 16.6 Å². The zero-order valence-electron chi connectivity index (χ0n) is 13.6. The van der Waals surface area contributed by atoms with Gasteiger partial charge in [-0.15, -0.1) is 0 Å². The smallest absolute Gasteiger partial charge is 0.243 e. The molecule has 0 amide bonds. The average Bonchev–Trinajstić information content (AvgIpc) is 3.22. The van der Waals surface area contributed by atoms with Gasteiger partial charge in [-0.05, 0) is 63.3 Å². The second-order valence-corrected chi connectivity index (χ2v) is 8.27. The Labute approximate surface area is 128 Å². The fourth-order valence-electron chi connectivity index (χ4n) is 2.25. The lowest BCUT2D eigenvalue weighted by atomic mass is 10.1. The topological polar surface area (TPSA) is 49.4 Å². The molecule has 0 unspecified atom stereocenters. The van der Waals surface area contributed by atoms with Gasteiger partial charge in [0.25, 0.3) is 0 Å². The molecule has 1 aromatic rings. The van der Waals surface area contributed by atoms with E-state index >= 15 is 0 Å². The maximum absolute atomic E-state index is 12.8. The van der Waals surface area contributed by atoms with Gasteiger partial charge in [0.1, 0.15) is 0 Å². The van der Waals surface area contributed by atoms with Crippen molar-refractivity contribution in [2.45, 2.75) is 64.1 Å². The molecule has 1 aromatic carbocycles. The standard InChI is InChI=1S/C16H26N2O2S/c1-11(2)18(5)21(19,20)16-9-14(8-12(3)13(16)4)10-17-15-6-7-15/h8-9,11,15,17H,6-7,10H2,1-5H3. The summed E-state index contributed by atoms with van der Waals surface area (Å²) >= 11 is 0. The number of sulfonamides is 1. The van der Waals surface area contributed by atoms with Crippen molar-refractivity contribution in [2.24, 2.45) is 0 Å². The predicted octanol–water partition coefficient (Wildman–Crippen LogP) is 2.58. The lowest BCUT2D eigenvalue weighted by molar-refractivity contribution is 0.410. The van der Waals surface area contributed by atoms with Gasteiger partial charge in [0, 0.05) is 25.7 Å². The van der Waals surface area contributed by atoms with Crippen molar-refractivity contribution in [3.63, 3.8) is 0 Å². The molecule has 118 valence electrons. The minimum absolute atomic E-state index is 0.0528. The minimum Gasteiger partial charge on any atom is -0.310 e. The molecule has 0 bridgehead atoms. The van der Waals surface area contributed by atoms with Crippen LogP contribution in [0.5, 0.6) is 0 Å². The van der Waals surface area contributed by atoms with Crippen LogP contribution in [0.15, 0.2) is 17.0 Å². The lowest BCUT2D eigenvalue weighted by Crippen LogP contribution is -2.33. The molecule has 21 heavy (non-hydrogen) atoms. The monoisotopic (exact) mass is 310 g/mol. The van der Waals surface area contributed by atoms with E-state index in [4.69, 9.17) is 0 Å². The summed E-state index contributed by atoms with van der Waals surface area (Å²) in [6, 6.07) is 4.47. The molecule has 0 spiro atoms. The number of nitrogens with one attached hydrogen (secondary N) is 1. The molecule has 0 atom stereocenters. The van der Waals surface area contributed by atoms with Crippen LogP contribution in [-0.4, -0.2) is 31.9 Å². The van der Waals surface area contributed by atoms with Gasteiger partial charge in [-0.25, -0.2) is 8.42 Å². The molecular formula is C16H26N2O2S. The maximum atomic E-state index is 12.8. The Morgan fingerprint density at radius 2 is 1.90 bits per heavy atom. The molecule has 0 saturated heterocycles. The fraction of sp³-hybridized carbons (Fsp3) is 0.625. The third-order valence-electron chi connectivity index (χ3n) is 4.24. The third kappa shape index (κ3) is 3.65. The van der Waals surface area contributed by atoms with Crippen LogP contribution in [0.4, 0.5) is 0 Å². The van der Waals surface area contributed by atoms with Crippen molar-refractivity contribution in [3.05, 3.63) is 28.8 Å². The average molecular weight is 310 g/mol.